The molecular formula is C19H20ClFN2O. The molecule has 2 aromatic rings. The molecule has 0 aliphatic heterocycles. The molecule has 0 spiro atoms. The third kappa shape index (κ3) is 4.26. The molecule has 1 fully saturated rings. The van der Waals surface area contributed by atoms with Gasteiger partial charge in [0.1, 0.15) is 5.82 Å². The van der Waals surface area contributed by atoms with Gasteiger partial charge in [0.05, 0.1) is 12.1 Å². The lowest BCUT2D eigenvalue weighted by Crippen LogP contribution is -2.39. The summed E-state index contributed by atoms with van der Waals surface area (Å²) in [7, 11) is 0. The van der Waals surface area contributed by atoms with E-state index in [0.717, 1.165) is 24.0 Å². The van der Waals surface area contributed by atoms with Crippen LogP contribution >= 0.6 is 11.6 Å². The van der Waals surface area contributed by atoms with Crippen LogP contribution in [-0.4, -0.2) is 6.03 Å². The van der Waals surface area contributed by atoms with Gasteiger partial charge in [0.25, 0.3) is 0 Å². The molecule has 0 saturated heterocycles. The molecule has 0 aromatic heterocycles. The van der Waals surface area contributed by atoms with Gasteiger partial charge in [-0.2, -0.15) is 0 Å². The Morgan fingerprint density at radius 1 is 1.04 bits per heavy atom. The van der Waals surface area contributed by atoms with E-state index >= 15 is 0 Å². The first-order valence-electron chi connectivity index (χ1n) is 8.11. The highest BCUT2D eigenvalue weighted by Gasteiger charge is 2.33. The summed E-state index contributed by atoms with van der Waals surface area (Å²) in [5.74, 6) is 0.185. The molecule has 3 nitrogen and oxygen atoms in total. The van der Waals surface area contributed by atoms with Crippen molar-refractivity contribution in [2.45, 2.75) is 31.8 Å². The van der Waals surface area contributed by atoms with Crippen molar-refractivity contribution in [2.24, 2.45) is 5.92 Å². The summed E-state index contributed by atoms with van der Waals surface area (Å²) >= 11 is 5.94. The number of rotatable bonds is 5. The first-order valence-corrected chi connectivity index (χ1v) is 8.48. The van der Waals surface area contributed by atoms with Crippen LogP contribution in [0.25, 0.3) is 0 Å². The maximum atomic E-state index is 13.0. The highest BCUT2D eigenvalue weighted by atomic mass is 35.5. The van der Waals surface area contributed by atoms with Crippen molar-refractivity contribution in [1.82, 2.24) is 10.6 Å². The zero-order valence-corrected chi connectivity index (χ0v) is 14.2. The smallest absolute Gasteiger partial charge is 0.315 e. The summed E-state index contributed by atoms with van der Waals surface area (Å²) < 4.78 is 13.0. The Labute approximate surface area is 146 Å². The number of benzene rings is 2. The van der Waals surface area contributed by atoms with Gasteiger partial charge in [-0.1, -0.05) is 35.9 Å². The molecule has 0 radical (unpaired) electrons. The molecule has 2 aromatic carbocycles. The van der Waals surface area contributed by atoms with Crippen molar-refractivity contribution in [3.8, 4) is 0 Å². The van der Waals surface area contributed by atoms with E-state index in [1.807, 2.05) is 31.2 Å². The van der Waals surface area contributed by atoms with E-state index in [1.165, 1.54) is 12.1 Å². The molecule has 5 heteroatoms. The van der Waals surface area contributed by atoms with Gasteiger partial charge in [-0.05, 0) is 61.1 Å². The van der Waals surface area contributed by atoms with Crippen molar-refractivity contribution >= 4 is 17.6 Å². The maximum absolute atomic E-state index is 13.0. The Kier molecular flexibility index (Phi) is 5.05. The number of carbonyl (C=O) groups excluding carboxylic acids is 1. The van der Waals surface area contributed by atoms with Gasteiger partial charge < -0.3 is 10.6 Å². The largest absolute Gasteiger partial charge is 0.332 e. The quantitative estimate of drug-likeness (QED) is 0.786. The van der Waals surface area contributed by atoms with Gasteiger partial charge in [0.15, 0.2) is 0 Å². The van der Waals surface area contributed by atoms with E-state index < -0.39 is 0 Å². The predicted molar refractivity (Wildman–Crippen MR) is 93.4 cm³/mol. The lowest BCUT2D eigenvalue weighted by Gasteiger charge is -2.21. The molecule has 1 saturated carbocycles. The number of amides is 2. The van der Waals surface area contributed by atoms with E-state index in [0.29, 0.717) is 10.9 Å². The summed E-state index contributed by atoms with van der Waals surface area (Å²) in [4.78, 5) is 12.4. The van der Waals surface area contributed by atoms with Gasteiger partial charge in [-0.3, -0.25) is 0 Å². The van der Waals surface area contributed by atoms with Crippen molar-refractivity contribution < 1.29 is 9.18 Å². The van der Waals surface area contributed by atoms with Crippen LogP contribution in [0.2, 0.25) is 5.02 Å². The van der Waals surface area contributed by atoms with Crippen LogP contribution in [0.15, 0.2) is 48.5 Å². The van der Waals surface area contributed by atoms with Crippen LogP contribution in [-0.2, 0) is 0 Å². The number of halogens is 2. The number of hydrogen-bond donors (Lipinski definition) is 2. The molecule has 24 heavy (non-hydrogen) atoms. The average Bonchev–Trinajstić information content (AvgIpc) is 3.39. The molecule has 2 atom stereocenters. The fourth-order valence-electron chi connectivity index (χ4n) is 2.79. The minimum absolute atomic E-state index is 0.0114. The predicted octanol–water partition coefficient (Wildman–Crippen LogP) is 4.99. The van der Waals surface area contributed by atoms with E-state index in [-0.39, 0.29) is 23.9 Å². The van der Waals surface area contributed by atoms with Crippen LogP contribution in [0, 0.1) is 11.7 Å². The molecule has 0 bridgehead atoms. The number of hydrogen-bond acceptors (Lipinski definition) is 1. The second-order valence-corrected chi connectivity index (χ2v) is 6.69. The van der Waals surface area contributed by atoms with Gasteiger partial charge in [0.2, 0.25) is 0 Å². The van der Waals surface area contributed by atoms with E-state index in [4.69, 9.17) is 11.6 Å². The highest BCUT2D eigenvalue weighted by molar-refractivity contribution is 6.30. The summed E-state index contributed by atoms with van der Waals surface area (Å²) in [6, 6.07) is 13.3. The maximum Gasteiger partial charge on any atom is 0.315 e. The zero-order valence-electron chi connectivity index (χ0n) is 13.4. The Balaban J connectivity index is 1.63. The van der Waals surface area contributed by atoms with Crippen molar-refractivity contribution in [2.75, 3.05) is 0 Å². The molecule has 0 unspecified atom stereocenters. The first-order chi connectivity index (χ1) is 11.5. The van der Waals surface area contributed by atoms with Crippen LogP contribution in [0.4, 0.5) is 9.18 Å². The van der Waals surface area contributed by atoms with Crippen molar-refractivity contribution in [1.29, 1.82) is 0 Å². The molecule has 1 aliphatic carbocycles. The van der Waals surface area contributed by atoms with Crippen molar-refractivity contribution in [3.05, 3.63) is 70.5 Å². The fraction of sp³-hybridized carbons (Fsp3) is 0.316. The van der Waals surface area contributed by atoms with E-state index in [9.17, 15) is 9.18 Å². The third-order valence-corrected chi connectivity index (χ3v) is 4.58. The SMILES string of the molecule is C[C@@H](NC(=O)N[C@@H](c1ccc(Cl)cc1)C1CC1)c1ccc(F)cc1. The van der Waals surface area contributed by atoms with Gasteiger partial charge in [-0.15, -0.1) is 0 Å². The second kappa shape index (κ2) is 7.22. The van der Waals surface area contributed by atoms with Crippen molar-refractivity contribution in [3.63, 3.8) is 0 Å². The average molecular weight is 347 g/mol. The monoisotopic (exact) mass is 346 g/mol. The number of nitrogens with one attached hydrogen (secondary N) is 2. The van der Waals surface area contributed by atoms with Crippen LogP contribution in [0.5, 0.6) is 0 Å². The number of carbonyl (C=O) groups is 1. The standard InChI is InChI=1S/C19H20ClFN2O/c1-12(13-6-10-17(21)11-7-13)22-19(24)23-18(14-2-3-14)15-4-8-16(20)9-5-15/h4-12,14,18H,2-3H2,1H3,(H2,22,23,24)/t12-,18-/m1/s1. The molecule has 126 valence electrons. The van der Waals surface area contributed by atoms with Crippen LogP contribution in [0.3, 0.4) is 0 Å². The molecular weight excluding hydrogens is 327 g/mol. The second-order valence-electron chi connectivity index (χ2n) is 6.26. The van der Waals surface area contributed by atoms with Crippen LogP contribution in [0.1, 0.15) is 43.0 Å². The Hall–Kier alpha value is -2.07. The lowest BCUT2D eigenvalue weighted by atomic mass is 10.0. The highest BCUT2D eigenvalue weighted by Crippen LogP contribution is 2.41. The molecule has 3 rings (SSSR count). The fourth-order valence-corrected chi connectivity index (χ4v) is 2.91. The Morgan fingerprint density at radius 2 is 1.62 bits per heavy atom. The first kappa shape index (κ1) is 16.8. The topological polar surface area (TPSA) is 41.1 Å². The Bertz CT molecular complexity index is 698. The summed E-state index contributed by atoms with van der Waals surface area (Å²) in [6.45, 7) is 1.88. The normalized spacial score (nSPS) is 16.3. The minimum Gasteiger partial charge on any atom is -0.332 e. The molecule has 1 aliphatic rings. The van der Waals surface area contributed by atoms with E-state index in [1.54, 1.807) is 12.1 Å². The zero-order chi connectivity index (χ0) is 17.1. The summed E-state index contributed by atoms with van der Waals surface area (Å²) in [6.07, 6.45) is 2.22. The minimum atomic E-state index is -0.285. The molecule has 2 amide bonds. The summed E-state index contributed by atoms with van der Waals surface area (Å²) in [5, 5.41) is 6.65. The Morgan fingerprint density at radius 3 is 2.21 bits per heavy atom. The summed E-state index contributed by atoms with van der Waals surface area (Å²) in [5.41, 5.74) is 1.92. The van der Waals surface area contributed by atoms with Gasteiger partial charge in [-0.25, -0.2) is 9.18 Å². The van der Waals surface area contributed by atoms with Gasteiger partial charge in [0, 0.05) is 5.02 Å². The molecule has 0 heterocycles. The van der Waals surface area contributed by atoms with Crippen LogP contribution < -0.4 is 10.6 Å². The van der Waals surface area contributed by atoms with Gasteiger partial charge >= 0.3 is 6.03 Å². The molecule has 2 N–H and O–H groups in total. The number of urea groups is 1. The lowest BCUT2D eigenvalue weighted by molar-refractivity contribution is 0.232. The van der Waals surface area contributed by atoms with E-state index in [2.05, 4.69) is 10.6 Å². The third-order valence-electron chi connectivity index (χ3n) is 4.33.